The molecule has 0 aliphatic heterocycles. The van der Waals surface area contributed by atoms with E-state index < -0.39 is 17.3 Å². The highest BCUT2D eigenvalue weighted by atomic mass is 19.1. The van der Waals surface area contributed by atoms with Gasteiger partial charge < -0.3 is 11.5 Å². The highest BCUT2D eigenvalue weighted by Crippen LogP contribution is 2.19. The molecule has 0 fully saturated rings. The summed E-state index contributed by atoms with van der Waals surface area (Å²) in [6.45, 7) is 1.75. The van der Waals surface area contributed by atoms with Gasteiger partial charge in [0.15, 0.2) is 5.82 Å². The van der Waals surface area contributed by atoms with Crippen molar-refractivity contribution in [3.05, 3.63) is 29.3 Å². The number of benzene rings is 1. The Bertz CT molecular complexity index is 311. The first-order valence-corrected chi connectivity index (χ1v) is 4.00. The fourth-order valence-electron chi connectivity index (χ4n) is 1.12. The van der Waals surface area contributed by atoms with Crippen LogP contribution in [0.2, 0.25) is 0 Å². The zero-order valence-corrected chi connectivity index (χ0v) is 7.35. The summed E-state index contributed by atoms with van der Waals surface area (Å²) in [6, 6.07) is 2.35. The minimum absolute atomic E-state index is 0.167. The van der Waals surface area contributed by atoms with E-state index in [1.54, 1.807) is 6.92 Å². The van der Waals surface area contributed by atoms with Gasteiger partial charge in [-0.2, -0.15) is 0 Å². The molecule has 2 nitrogen and oxygen atoms in total. The van der Waals surface area contributed by atoms with E-state index in [0.717, 1.165) is 6.07 Å². The molecule has 0 spiro atoms. The summed E-state index contributed by atoms with van der Waals surface area (Å²) in [5.41, 5.74) is 10.6. The lowest BCUT2D eigenvalue weighted by Gasteiger charge is -2.08. The molecule has 1 aromatic rings. The van der Waals surface area contributed by atoms with Crippen molar-refractivity contribution in [1.29, 1.82) is 0 Å². The van der Waals surface area contributed by atoms with Crippen LogP contribution in [0.4, 0.5) is 14.5 Å². The van der Waals surface area contributed by atoms with Gasteiger partial charge in [0.1, 0.15) is 11.5 Å². The number of halogens is 2. The maximum Gasteiger partial charge on any atom is 0.152 e. The molecule has 0 amide bonds. The summed E-state index contributed by atoms with van der Waals surface area (Å²) in [7, 11) is 0. The van der Waals surface area contributed by atoms with Gasteiger partial charge in [-0.05, 0) is 25.0 Å². The van der Waals surface area contributed by atoms with E-state index in [0.29, 0.717) is 12.0 Å². The Morgan fingerprint density at radius 1 is 1.38 bits per heavy atom. The Hall–Kier alpha value is -1.16. The van der Waals surface area contributed by atoms with Crippen LogP contribution in [0.15, 0.2) is 12.1 Å². The largest absolute Gasteiger partial charge is 0.394 e. The smallest absolute Gasteiger partial charge is 0.152 e. The maximum absolute atomic E-state index is 13.2. The van der Waals surface area contributed by atoms with Crippen molar-refractivity contribution in [2.75, 3.05) is 5.73 Å². The number of anilines is 1. The first-order valence-electron chi connectivity index (χ1n) is 4.00. The summed E-state index contributed by atoms with van der Waals surface area (Å²) in [4.78, 5) is 0. The summed E-state index contributed by atoms with van der Waals surface area (Å²) in [5.74, 6) is -1.43. The second-order valence-corrected chi connectivity index (χ2v) is 3.12. The predicted molar refractivity (Wildman–Crippen MR) is 48.1 cm³/mol. The van der Waals surface area contributed by atoms with Gasteiger partial charge in [-0.1, -0.05) is 6.07 Å². The van der Waals surface area contributed by atoms with E-state index in [1.807, 2.05) is 0 Å². The Kier molecular flexibility index (Phi) is 2.83. The van der Waals surface area contributed by atoms with Gasteiger partial charge in [-0.3, -0.25) is 0 Å². The quantitative estimate of drug-likeness (QED) is 0.686. The van der Waals surface area contributed by atoms with Crippen LogP contribution < -0.4 is 11.5 Å². The summed E-state index contributed by atoms with van der Waals surface area (Å²) in [5, 5.41) is 0. The molecule has 0 radical (unpaired) electrons. The number of nitrogen functional groups attached to an aromatic ring is 1. The molecule has 1 rings (SSSR count). The molecule has 72 valence electrons. The Morgan fingerprint density at radius 3 is 2.54 bits per heavy atom. The van der Waals surface area contributed by atoms with Gasteiger partial charge in [0, 0.05) is 6.04 Å². The summed E-state index contributed by atoms with van der Waals surface area (Å²) in [6.07, 6.45) is 0.357. The van der Waals surface area contributed by atoms with E-state index in [4.69, 9.17) is 11.5 Å². The lowest BCUT2D eigenvalue weighted by atomic mass is 10.1. The zero-order valence-electron chi connectivity index (χ0n) is 7.35. The van der Waals surface area contributed by atoms with E-state index >= 15 is 0 Å². The second-order valence-electron chi connectivity index (χ2n) is 3.12. The van der Waals surface area contributed by atoms with Crippen LogP contribution in [0.25, 0.3) is 0 Å². The van der Waals surface area contributed by atoms with Crippen molar-refractivity contribution in [2.45, 2.75) is 19.4 Å². The minimum atomic E-state index is -0.731. The predicted octanol–water partition coefficient (Wildman–Crippen LogP) is 1.44. The minimum Gasteiger partial charge on any atom is -0.394 e. The standard InChI is InChI=1S/C9H12F2N2/c1-5(12)4-6-2-3-7(10)9(13)8(6)11/h2-3,5H,4,12-13H2,1H3. The van der Waals surface area contributed by atoms with Crippen molar-refractivity contribution < 1.29 is 8.78 Å². The zero-order chi connectivity index (χ0) is 10.0. The third kappa shape index (κ3) is 2.15. The molecule has 0 aliphatic carbocycles. The van der Waals surface area contributed by atoms with Gasteiger partial charge in [-0.25, -0.2) is 8.78 Å². The van der Waals surface area contributed by atoms with Crippen molar-refractivity contribution >= 4 is 5.69 Å². The van der Waals surface area contributed by atoms with Crippen molar-refractivity contribution in [3.8, 4) is 0 Å². The second kappa shape index (κ2) is 3.70. The van der Waals surface area contributed by atoms with E-state index in [2.05, 4.69) is 0 Å². The van der Waals surface area contributed by atoms with Crippen LogP contribution in [0.5, 0.6) is 0 Å². The van der Waals surface area contributed by atoms with Gasteiger partial charge in [0.05, 0.1) is 0 Å². The van der Waals surface area contributed by atoms with Gasteiger partial charge in [-0.15, -0.1) is 0 Å². The van der Waals surface area contributed by atoms with Crippen LogP contribution in [0, 0.1) is 11.6 Å². The molecule has 4 N–H and O–H groups in total. The molecule has 0 aromatic heterocycles. The van der Waals surface area contributed by atoms with Crippen molar-refractivity contribution in [3.63, 3.8) is 0 Å². The van der Waals surface area contributed by atoms with Crippen LogP contribution in [-0.4, -0.2) is 6.04 Å². The first kappa shape index (κ1) is 9.92. The molecule has 1 unspecified atom stereocenters. The average Bonchev–Trinajstić information content (AvgIpc) is 2.06. The molecule has 0 aliphatic rings. The topological polar surface area (TPSA) is 52.0 Å². The summed E-state index contributed by atoms with van der Waals surface area (Å²) >= 11 is 0. The third-order valence-corrected chi connectivity index (χ3v) is 1.75. The van der Waals surface area contributed by atoms with Crippen LogP contribution in [0.3, 0.4) is 0 Å². The first-order chi connectivity index (χ1) is 6.02. The van der Waals surface area contributed by atoms with Gasteiger partial charge in [0.2, 0.25) is 0 Å². The Labute approximate surface area is 75.5 Å². The fourth-order valence-corrected chi connectivity index (χ4v) is 1.12. The molecular weight excluding hydrogens is 174 g/mol. The molecule has 0 saturated heterocycles. The molecular formula is C9H12F2N2. The third-order valence-electron chi connectivity index (χ3n) is 1.75. The molecule has 13 heavy (non-hydrogen) atoms. The molecule has 4 heteroatoms. The monoisotopic (exact) mass is 186 g/mol. The number of hydrogen-bond donors (Lipinski definition) is 2. The number of nitrogens with two attached hydrogens (primary N) is 2. The van der Waals surface area contributed by atoms with Gasteiger partial charge in [0.25, 0.3) is 0 Å². The highest BCUT2D eigenvalue weighted by Gasteiger charge is 2.11. The lowest BCUT2D eigenvalue weighted by molar-refractivity contribution is 0.572. The van der Waals surface area contributed by atoms with E-state index in [1.165, 1.54) is 6.07 Å². The summed E-state index contributed by atoms with van der Waals surface area (Å²) < 4.78 is 25.9. The fraction of sp³-hybridized carbons (Fsp3) is 0.333. The molecule has 1 aromatic carbocycles. The molecule has 0 bridgehead atoms. The van der Waals surface area contributed by atoms with Crippen LogP contribution in [0.1, 0.15) is 12.5 Å². The number of rotatable bonds is 2. The van der Waals surface area contributed by atoms with E-state index in [-0.39, 0.29) is 6.04 Å². The van der Waals surface area contributed by atoms with E-state index in [9.17, 15) is 8.78 Å². The van der Waals surface area contributed by atoms with Gasteiger partial charge >= 0.3 is 0 Å². The SMILES string of the molecule is CC(N)Cc1ccc(F)c(N)c1F. The highest BCUT2D eigenvalue weighted by molar-refractivity contribution is 5.44. The molecule has 0 heterocycles. The lowest BCUT2D eigenvalue weighted by Crippen LogP contribution is -2.19. The Balaban J connectivity index is 3.04. The van der Waals surface area contributed by atoms with Crippen molar-refractivity contribution in [1.82, 2.24) is 0 Å². The number of hydrogen-bond acceptors (Lipinski definition) is 2. The van der Waals surface area contributed by atoms with Crippen molar-refractivity contribution in [2.24, 2.45) is 5.73 Å². The molecule has 0 saturated carbocycles. The maximum atomic E-state index is 13.2. The Morgan fingerprint density at radius 2 is 2.00 bits per heavy atom. The van der Waals surface area contributed by atoms with Crippen LogP contribution >= 0.6 is 0 Å². The average molecular weight is 186 g/mol. The molecule has 1 atom stereocenters. The normalized spacial score (nSPS) is 12.9. The van der Waals surface area contributed by atoms with Crippen LogP contribution in [-0.2, 0) is 6.42 Å².